The number of hydrogen-bond donors (Lipinski definition) is 0. The summed E-state index contributed by atoms with van der Waals surface area (Å²) in [4.78, 5) is 12.3. The van der Waals surface area contributed by atoms with Gasteiger partial charge in [0.05, 0.1) is 12.1 Å². The zero-order valence-electron chi connectivity index (χ0n) is 12.0. The fourth-order valence-electron chi connectivity index (χ4n) is 2.58. The van der Waals surface area contributed by atoms with Gasteiger partial charge in [-0.3, -0.25) is 4.79 Å². The lowest BCUT2D eigenvalue weighted by atomic mass is 10.0. The molecule has 2 aromatic rings. The van der Waals surface area contributed by atoms with Crippen LogP contribution in [0.15, 0.2) is 30.3 Å². The quantitative estimate of drug-likeness (QED) is 0.842. The fourth-order valence-corrected chi connectivity index (χ4v) is 2.58. The molecular weight excluding hydrogens is 236 g/mol. The van der Waals surface area contributed by atoms with Gasteiger partial charge in [0.1, 0.15) is 0 Å². The van der Waals surface area contributed by atoms with Crippen molar-refractivity contribution in [1.29, 1.82) is 0 Å². The summed E-state index contributed by atoms with van der Waals surface area (Å²) in [5.74, 6) is 0.414. The second kappa shape index (κ2) is 5.39. The minimum absolute atomic E-state index is 0.0266. The van der Waals surface area contributed by atoms with Crippen molar-refractivity contribution in [3.05, 3.63) is 52.8 Å². The van der Waals surface area contributed by atoms with Crippen molar-refractivity contribution in [3.63, 3.8) is 0 Å². The molecule has 0 fully saturated rings. The summed E-state index contributed by atoms with van der Waals surface area (Å²) in [5, 5.41) is 4.39. The van der Waals surface area contributed by atoms with Gasteiger partial charge in [0.2, 0.25) is 0 Å². The highest BCUT2D eigenvalue weighted by atomic mass is 16.2. The smallest absolute Gasteiger partial charge is 0.251 e. The maximum Gasteiger partial charge on any atom is 0.251 e. The van der Waals surface area contributed by atoms with Crippen molar-refractivity contribution >= 4 is 5.91 Å². The van der Waals surface area contributed by atoms with Gasteiger partial charge >= 0.3 is 0 Å². The van der Waals surface area contributed by atoms with Crippen molar-refractivity contribution in [1.82, 2.24) is 9.78 Å². The number of aryl methyl sites for hydroxylation is 1. The molecule has 1 heterocycles. The highest BCUT2D eigenvalue weighted by molar-refractivity contribution is 5.81. The molecule has 1 aromatic carbocycles. The highest BCUT2D eigenvalue weighted by Crippen LogP contribution is 2.22. The van der Waals surface area contributed by atoms with Crippen LogP contribution in [0.3, 0.4) is 0 Å². The third-order valence-corrected chi connectivity index (χ3v) is 3.36. The van der Waals surface area contributed by atoms with E-state index in [1.165, 1.54) is 5.56 Å². The fraction of sp³-hybridized carbons (Fsp3) is 0.375. The van der Waals surface area contributed by atoms with Crippen LogP contribution in [0.4, 0.5) is 0 Å². The summed E-state index contributed by atoms with van der Waals surface area (Å²) >= 11 is 0. The Balaban J connectivity index is 2.28. The van der Waals surface area contributed by atoms with Crippen LogP contribution in [0.1, 0.15) is 47.1 Å². The summed E-state index contributed by atoms with van der Waals surface area (Å²) < 4.78 is 1.55. The number of hydrogen-bond acceptors (Lipinski definition) is 2. The summed E-state index contributed by atoms with van der Waals surface area (Å²) in [6.07, 6.45) is 0.389. The monoisotopic (exact) mass is 256 g/mol. The minimum atomic E-state index is 0.0266. The zero-order valence-corrected chi connectivity index (χ0v) is 12.0. The van der Waals surface area contributed by atoms with Crippen molar-refractivity contribution in [2.45, 2.75) is 40.0 Å². The third kappa shape index (κ3) is 2.75. The normalized spacial score (nSPS) is 11.0. The Hall–Kier alpha value is -1.90. The van der Waals surface area contributed by atoms with Crippen molar-refractivity contribution in [3.8, 4) is 0 Å². The van der Waals surface area contributed by atoms with Crippen LogP contribution >= 0.6 is 0 Å². The molecule has 0 aliphatic carbocycles. The van der Waals surface area contributed by atoms with Gasteiger partial charge in [-0.15, -0.1) is 0 Å². The standard InChI is InChI=1S/C16H20N2O/c1-11(2)16-12(3)17-18(13(16)4)15(19)10-14-8-6-5-7-9-14/h5-9,11H,10H2,1-4H3. The predicted octanol–water partition coefficient (Wildman–Crippen LogP) is 3.51. The molecule has 0 spiro atoms. The van der Waals surface area contributed by atoms with E-state index >= 15 is 0 Å². The summed E-state index contributed by atoms with van der Waals surface area (Å²) in [7, 11) is 0. The molecule has 0 radical (unpaired) electrons. The molecule has 0 unspecified atom stereocenters. The Morgan fingerprint density at radius 3 is 2.37 bits per heavy atom. The molecule has 0 amide bonds. The third-order valence-electron chi connectivity index (χ3n) is 3.36. The first-order chi connectivity index (χ1) is 9.00. The van der Waals surface area contributed by atoms with Crippen molar-refractivity contribution in [2.75, 3.05) is 0 Å². The van der Waals surface area contributed by atoms with E-state index < -0.39 is 0 Å². The number of carbonyl (C=O) groups excluding carboxylic acids is 1. The van der Waals surface area contributed by atoms with E-state index in [9.17, 15) is 4.79 Å². The molecule has 0 atom stereocenters. The van der Waals surface area contributed by atoms with Crippen LogP contribution in [0.2, 0.25) is 0 Å². The second-order valence-corrected chi connectivity index (χ2v) is 5.21. The maximum absolute atomic E-state index is 12.3. The molecule has 2 rings (SSSR count). The van der Waals surface area contributed by atoms with Gasteiger partial charge in [-0.1, -0.05) is 44.2 Å². The van der Waals surface area contributed by atoms with Crippen LogP contribution in [0, 0.1) is 13.8 Å². The van der Waals surface area contributed by atoms with Crippen LogP contribution < -0.4 is 0 Å². The topological polar surface area (TPSA) is 34.9 Å². The molecule has 19 heavy (non-hydrogen) atoms. The van der Waals surface area contributed by atoms with Gasteiger partial charge in [-0.2, -0.15) is 5.10 Å². The van der Waals surface area contributed by atoms with Crippen molar-refractivity contribution < 1.29 is 4.79 Å². The van der Waals surface area contributed by atoms with E-state index in [4.69, 9.17) is 0 Å². The molecule has 0 N–H and O–H groups in total. The molecule has 0 aliphatic rings. The molecular formula is C16H20N2O. The first-order valence-electron chi connectivity index (χ1n) is 6.64. The number of aromatic nitrogens is 2. The molecule has 3 nitrogen and oxygen atoms in total. The Kier molecular flexibility index (Phi) is 3.84. The average molecular weight is 256 g/mol. The summed E-state index contributed by atoms with van der Waals surface area (Å²) in [5.41, 5.74) is 4.12. The average Bonchev–Trinajstić information content (AvgIpc) is 2.66. The number of nitrogens with zero attached hydrogens (tertiary/aromatic N) is 2. The molecule has 3 heteroatoms. The lowest BCUT2D eigenvalue weighted by molar-refractivity contribution is 0.0895. The summed E-state index contributed by atoms with van der Waals surface area (Å²) in [6, 6.07) is 9.78. The molecule has 0 saturated heterocycles. The number of benzene rings is 1. The molecule has 100 valence electrons. The van der Waals surface area contributed by atoms with Crippen LogP contribution in [-0.2, 0) is 6.42 Å². The van der Waals surface area contributed by atoms with E-state index in [1.54, 1.807) is 4.68 Å². The van der Waals surface area contributed by atoms with E-state index in [-0.39, 0.29) is 5.91 Å². The van der Waals surface area contributed by atoms with E-state index in [1.807, 2.05) is 44.2 Å². The first kappa shape index (κ1) is 13.5. The van der Waals surface area contributed by atoms with Gasteiger partial charge < -0.3 is 0 Å². The Bertz CT molecular complexity index is 582. The SMILES string of the molecule is Cc1nn(C(=O)Cc2ccccc2)c(C)c1C(C)C. The molecule has 1 aromatic heterocycles. The predicted molar refractivity (Wildman–Crippen MR) is 76.6 cm³/mol. The lowest BCUT2D eigenvalue weighted by Crippen LogP contribution is -2.16. The highest BCUT2D eigenvalue weighted by Gasteiger charge is 2.18. The molecule has 0 aliphatic heterocycles. The van der Waals surface area contributed by atoms with E-state index in [0.29, 0.717) is 12.3 Å². The number of carbonyl (C=O) groups is 1. The van der Waals surface area contributed by atoms with Crippen molar-refractivity contribution in [2.24, 2.45) is 0 Å². The Morgan fingerprint density at radius 2 is 1.84 bits per heavy atom. The van der Waals surface area contributed by atoms with E-state index in [0.717, 1.165) is 17.0 Å². The van der Waals surface area contributed by atoms with Gasteiger partial charge in [-0.05, 0) is 30.9 Å². The zero-order chi connectivity index (χ0) is 14.0. The van der Waals surface area contributed by atoms with Gasteiger partial charge in [-0.25, -0.2) is 4.68 Å². The van der Waals surface area contributed by atoms with Crippen LogP contribution in [-0.4, -0.2) is 15.7 Å². The maximum atomic E-state index is 12.3. The Labute approximate surface area is 114 Å². The van der Waals surface area contributed by atoms with Gasteiger partial charge in [0, 0.05) is 5.69 Å². The first-order valence-corrected chi connectivity index (χ1v) is 6.64. The van der Waals surface area contributed by atoms with Gasteiger partial charge in [0.15, 0.2) is 0 Å². The minimum Gasteiger partial charge on any atom is -0.272 e. The molecule has 0 saturated carbocycles. The van der Waals surface area contributed by atoms with Gasteiger partial charge in [0.25, 0.3) is 5.91 Å². The number of rotatable bonds is 3. The largest absolute Gasteiger partial charge is 0.272 e. The van der Waals surface area contributed by atoms with E-state index in [2.05, 4.69) is 18.9 Å². The Morgan fingerprint density at radius 1 is 1.21 bits per heavy atom. The van der Waals surface area contributed by atoms with Crippen LogP contribution in [0.5, 0.6) is 0 Å². The summed E-state index contributed by atoms with van der Waals surface area (Å²) in [6.45, 7) is 8.19. The molecule has 0 bridgehead atoms. The lowest BCUT2D eigenvalue weighted by Gasteiger charge is -2.06. The second-order valence-electron chi connectivity index (χ2n) is 5.21. The van der Waals surface area contributed by atoms with Crippen LogP contribution in [0.25, 0.3) is 0 Å².